The van der Waals surface area contributed by atoms with Gasteiger partial charge >= 0.3 is 0 Å². The normalized spacial score (nSPS) is 14.2. The van der Waals surface area contributed by atoms with Crippen LogP contribution in [-0.4, -0.2) is 36.1 Å². The first-order valence-corrected chi connectivity index (χ1v) is 6.92. The summed E-state index contributed by atoms with van der Waals surface area (Å²) >= 11 is 0. The Kier molecular flexibility index (Phi) is 4.92. The average molecular weight is 289 g/mol. The van der Waals surface area contributed by atoms with E-state index in [1.165, 1.54) is 0 Å². The molecule has 1 aromatic rings. The predicted octanol–water partition coefficient (Wildman–Crippen LogP) is 1.31. The van der Waals surface area contributed by atoms with Gasteiger partial charge in [0, 0.05) is 26.4 Å². The van der Waals surface area contributed by atoms with Crippen LogP contribution in [0.1, 0.15) is 25.3 Å². The van der Waals surface area contributed by atoms with Crippen molar-refractivity contribution < 1.29 is 14.3 Å². The van der Waals surface area contributed by atoms with E-state index < -0.39 is 0 Å². The molecule has 112 valence electrons. The molecule has 0 spiro atoms. The molecule has 0 radical (unpaired) electrons. The van der Waals surface area contributed by atoms with Gasteiger partial charge in [-0.2, -0.15) is 5.10 Å². The zero-order valence-electron chi connectivity index (χ0n) is 12.3. The number of carbonyl (C=O) groups is 2. The number of hydrazone groups is 1. The summed E-state index contributed by atoms with van der Waals surface area (Å²) in [6.45, 7) is 3.05. The van der Waals surface area contributed by atoms with Crippen molar-refractivity contribution in [3.63, 3.8) is 0 Å². The number of nitrogens with zero attached hydrogens (tertiary/aromatic N) is 2. The van der Waals surface area contributed by atoms with Gasteiger partial charge in [-0.3, -0.25) is 9.59 Å². The van der Waals surface area contributed by atoms with Crippen LogP contribution >= 0.6 is 0 Å². The van der Waals surface area contributed by atoms with Gasteiger partial charge in [-0.15, -0.1) is 0 Å². The van der Waals surface area contributed by atoms with Crippen LogP contribution in [0.15, 0.2) is 29.4 Å². The van der Waals surface area contributed by atoms with Crippen molar-refractivity contribution in [2.24, 2.45) is 5.10 Å². The Morgan fingerprint density at radius 2 is 2.05 bits per heavy atom. The van der Waals surface area contributed by atoms with Crippen LogP contribution in [0.25, 0.3) is 0 Å². The maximum Gasteiger partial charge on any atom is 0.270 e. The highest BCUT2D eigenvalue weighted by atomic mass is 16.5. The number of rotatable bonds is 5. The second-order valence-electron chi connectivity index (χ2n) is 4.83. The molecule has 1 aromatic carbocycles. The maximum absolute atomic E-state index is 12.2. The molecule has 0 bridgehead atoms. The van der Waals surface area contributed by atoms with Crippen molar-refractivity contribution in [2.45, 2.75) is 26.3 Å². The molecule has 0 saturated heterocycles. The topological polar surface area (TPSA) is 71.0 Å². The van der Waals surface area contributed by atoms with E-state index in [0.29, 0.717) is 31.7 Å². The van der Waals surface area contributed by atoms with Crippen molar-refractivity contribution in [2.75, 3.05) is 13.7 Å². The molecule has 2 rings (SSSR count). The zero-order chi connectivity index (χ0) is 15.2. The van der Waals surface area contributed by atoms with Gasteiger partial charge in [0.25, 0.3) is 5.91 Å². The quantitative estimate of drug-likeness (QED) is 0.888. The van der Waals surface area contributed by atoms with E-state index in [1.54, 1.807) is 11.9 Å². The number of benzene rings is 1. The number of ether oxygens (including phenoxy) is 1. The molecular formula is C15H19N3O3. The highest BCUT2D eigenvalue weighted by Crippen LogP contribution is 2.14. The van der Waals surface area contributed by atoms with E-state index in [0.717, 1.165) is 11.3 Å². The third-order valence-electron chi connectivity index (χ3n) is 3.15. The second-order valence-corrected chi connectivity index (χ2v) is 4.83. The van der Waals surface area contributed by atoms with E-state index in [-0.39, 0.29) is 11.8 Å². The van der Waals surface area contributed by atoms with Crippen molar-refractivity contribution in [1.82, 2.24) is 10.3 Å². The van der Waals surface area contributed by atoms with Crippen LogP contribution < -0.4 is 10.2 Å². The van der Waals surface area contributed by atoms with Crippen molar-refractivity contribution in [3.05, 3.63) is 29.8 Å². The fourth-order valence-corrected chi connectivity index (χ4v) is 2.05. The Hall–Kier alpha value is -2.37. The fraction of sp³-hybridized carbons (Fsp3) is 0.400. The number of carbonyl (C=O) groups excluding carboxylic acids is 2. The Bertz CT molecular complexity index is 552. The molecule has 0 unspecified atom stereocenters. The minimum Gasteiger partial charge on any atom is -0.494 e. The Labute approximate surface area is 123 Å². The van der Waals surface area contributed by atoms with Gasteiger partial charge in [0.1, 0.15) is 11.5 Å². The molecule has 21 heavy (non-hydrogen) atoms. The van der Waals surface area contributed by atoms with Gasteiger partial charge in [-0.1, -0.05) is 12.1 Å². The molecule has 0 aliphatic carbocycles. The lowest BCUT2D eigenvalue weighted by Gasteiger charge is -2.20. The average Bonchev–Trinajstić information content (AvgIpc) is 2.49. The molecule has 6 nitrogen and oxygen atoms in total. The lowest BCUT2D eigenvalue weighted by atomic mass is 10.1. The van der Waals surface area contributed by atoms with Crippen molar-refractivity contribution in [3.8, 4) is 5.75 Å². The fourth-order valence-electron chi connectivity index (χ4n) is 2.05. The van der Waals surface area contributed by atoms with Crippen LogP contribution in [0.5, 0.6) is 5.75 Å². The lowest BCUT2D eigenvalue weighted by Crippen LogP contribution is -2.37. The van der Waals surface area contributed by atoms with Crippen molar-refractivity contribution >= 4 is 17.5 Å². The number of hydrogen-bond acceptors (Lipinski definition) is 4. The molecule has 0 saturated carbocycles. The van der Waals surface area contributed by atoms with Crippen LogP contribution in [0.3, 0.4) is 0 Å². The molecular weight excluding hydrogens is 270 g/mol. The molecule has 1 N–H and O–H groups in total. The summed E-state index contributed by atoms with van der Waals surface area (Å²) in [7, 11) is 1.72. The summed E-state index contributed by atoms with van der Waals surface area (Å²) in [6, 6.07) is 7.63. The molecule has 1 heterocycles. The molecule has 0 fully saturated rings. The molecule has 1 aliphatic rings. The van der Waals surface area contributed by atoms with Gasteiger partial charge in [-0.25, -0.2) is 5.43 Å². The first-order valence-electron chi connectivity index (χ1n) is 6.92. The second kappa shape index (κ2) is 6.88. The summed E-state index contributed by atoms with van der Waals surface area (Å²) in [5.74, 6) is 0.499. The van der Waals surface area contributed by atoms with E-state index in [2.05, 4.69) is 10.5 Å². The van der Waals surface area contributed by atoms with Gasteiger partial charge in [-0.05, 0) is 24.6 Å². The minimum atomic E-state index is -0.163. The Morgan fingerprint density at radius 1 is 1.33 bits per heavy atom. The summed E-state index contributed by atoms with van der Waals surface area (Å²) in [5, 5.41) is 3.82. The van der Waals surface area contributed by atoms with E-state index in [1.807, 2.05) is 31.2 Å². The standard InChI is InChI=1S/C15H19N3O3/c1-3-21-12-6-4-11(5-7-12)10-18(2)15(20)13-8-9-14(19)17-16-13/h4-7H,3,8-10H2,1-2H3,(H,17,19). The Morgan fingerprint density at radius 3 is 2.62 bits per heavy atom. The smallest absolute Gasteiger partial charge is 0.270 e. The number of hydrogen-bond donors (Lipinski definition) is 1. The van der Waals surface area contributed by atoms with Gasteiger partial charge in [0.15, 0.2) is 0 Å². The molecule has 2 amide bonds. The molecule has 0 atom stereocenters. The van der Waals surface area contributed by atoms with Gasteiger partial charge in [0.2, 0.25) is 5.91 Å². The first kappa shape index (κ1) is 15.0. The third kappa shape index (κ3) is 4.05. The van der Waals surface area contributed by atoms with Gasteiger partial charge < -0.3 is 9.64 Å². The van der Waals surface area contributed by atoms with E-state index in [9.17, 15) is 9.59 Å². The largest absolute Gasteiger partial charge is 0.494 e. The highest BCUT2D eigenvalue weighted by Gasteiger charge is 2.21. The molecule has 6 heteroatoms. The lowest BCUT2D eigenvalue weighted by molar-refractivity contribution is -0.124. The van der Waals surface area contributed by atoms with Crippen LogP contribution in [0.2, 0.25) is 0 Å². The van der Waals surface area contributed by atoms with Crippen LogP contribution in [0.4, 0.5) is 0 Å². The molecule has 0 aromatic heterocycles. The van der Waals surface area contributed by atoms with E-state index >= 15 is 0 Å². The minimum absolute atomic E-state index is 0.152. The number of nitrogens with one attached hydrogen (secondary N) is 1. The van der Waals surface area contributed by atoms with Gasteiger partial charge in [0.05, 0.1) is 6.61 Å². The molecule has 1 aliphatic heterocycles. The predicted molar refractivity (Wildman–Crippen MR) is 78.9 cm³/mol. The third-order valence-corrected chi connectivity index (χ3v) is 3.15. The first-order chi connectivity index (χ1) is 10.1. The summed E-state index contributed by atoms with van der Waals surface area (Å²) in [6.07, 6.45) is 0.694. The Balaban J connectivity index is 1.95. The summed E-state index contributed by atoms with van der Waals surface area (Å²) in [4.78, 5) is 24.8. The SMILES string of the molecule is CCOc1ccc(CN(C)C(=O)C2=NNC(=O)CC2)cc1. The van der Waals surface area contributed by atoms with Crippen LogP contribution in [0, 0.1) is 0 Å². The van der Waals surface area contributed by atoms with Crippen molar-refractivity contribution in [1.29, 1.82) is 0 Å². The van der Waals surface area contributed by atoms with E-state index in [4.69, 9.17) is 4.74 Å². The maximum atomic E-state index is 12.2. The summed E-state index contributed by atoms with van der Waals surface area (Å²) in [5.41, 5.74) is 3.74. The van der Waals surface area contributed by atoms with Crippen LogP contribution in [-0.2, 0) is 16.1 Å². The number of amides is 2. The summed E-state index contributed by atoms with van der Waals surface area (Å²) < 4.78 is 5.38. The monoisotopic (exact) mass is 289 g/mol. The highest BCUT2D eigenvalue weighted by molar-refractivity contribution is 6.39. The zero-order valence-corrected chi connectivity index (χ0v) is 12.3.